The number of rotatable bonds is 8. The smallest absolute Gasteiger partial charge is 0.220 e. The van der Waals surface area contributed by atoms with Gasteiger partial charge in [-0.2, -0.15) is 0 Å². The first kappa shape index (κ1) is 16.4. The molecule has 0 radical (unpaired) electrons. The summed E-state index contributed by atoms with van der Waals surface area (Å²) >= 11 is 0. The largest absolute Gasteiger partial charge is 0.391 e. The molecule has 4 N–H and O–H groups in total. The van der Waals surface area contributed by atoms with Crippen LogP contribution in [0.2, 0.25) is 0 Å². The van der Waals surface area contributed by atoms with Crippen LogP contribution < -0.4 is 11.1 Å². The maximum absolute atomic E-state index is 11.4. The molecule has 0 saturated carbocycles. The Hall–Kier alpha value is -0.610. The van der Waals surface area contributed by atoms with Gasteiger partial charge in [-0.1, -0.05) is 27.2 Å². The van der Waals surface area contributed by atoms with Crippen LogP contribution in [0.25, 0.3) is 0 Å². The second-order valence-corrected chi connectivity index (χ2v) is 5.82. The molecule has 0 aliphatic rings. The Morgan fingerprint density at radius 1 is 1.29 bits per heavy atom. The Labute approximate surface area is 105 Å². The van der Waals surface area contributed by atoms with Crippen LogP contribution >= 0.6 is 0 Å². The molecule has 0 aromatic rings. The lowest BCUT2D eigenvalue weighted by Gasteiger charge is -2.22. The molecule has 4 nitrogen and oxygen atoms in total. The van der Waals surface area contributed by atoms with Gasteiger partial charge in [0.25, 0.3) is 0 Å². The Balaban J connectivity index is 3.56. The highest BCUT2D eigenvalue weighted by atomic mass is 16.3. The van der Waals surface area contributed by atoms with E-state index in [2.05, 4.69) is 26.1 Å². The number of aliphatic hydroxyl groups excluding tert-OH is 1. The van der Waals surface area contributed by atoms with Gasteiger partial charge in [0.1, 0.15) is 0 Å². The van der Waals surface area contributed by atoms with E-state index in [4.69, 9.17) is 5.73 Å². The fraction of sp³-hybridized carbons (Fsp3) is 0.923. The third-order valence-corrected chi connectivity index (χ3v) is 2.49. The van der Waals surface area contributed by atoms with Gasteiger partial charge in [0.15, 0.2) is 0 Å². The molecule has 0 aliphatic carbocycles. The van der Waals surface area contributed by atoms with E-state index in [0.29, 0.717) is 25.9 Å². The quantitative estimate of drug-likeness (QED) is 0.565. The molecular formula is C13H28N2O2. The van der Waals surface area contributed by atoms with Crippen molar-refractivity contribution in [2.24, 2.45) is 11.1 Å². The third kappa shape index (κ3) is 11.6. The Morgan fingerprint density at radius 3 is 2.47 bits per heavy atom. The van der Waals surface area contributed by atoms with E-state index in [1.54, 1.807) is 0 Å². The average molecular weight is 244 g/mol. The van der Waals surface area contributed by atoms with Gasteiger partial charge in [-0.25, -0.2) is 0 Å². The zero-order valence-electron chi connectivity index (χ0n) is 11.5. The predicted octanol–water partition coefficient (Wildman–Crippen LogP) is 1.42. The van der Waals surface area contributed by atoms with E-state index in [0.717, 1.165) is 19.3 Å². The summed E-state index contributed by atoms with van der Waals surface area (Å²) in [4.78, 5) is 11.4. The van der Waals surface area contributed by atoms with Crippen molar-refractivity contribution in [1.82, 2.24) is 5.32 Å². The highest BCUT2D eigenvalue weighted by molar-refractivity contribution is 5.75. The molecule has 4 heteroatoms. The van der Waals surface area contributed by atoms with Gasteiger partial charge >= 0.3 is 0 Å². The zero-order valence-corrected chi connectivity index (χ0v) is 11.5. The van der Waals surface area contributed by atoms with Crippen molar-refractivity contribution in [3.63, 3.8) is 0 Å². The summed E-state index contributed by atoms with van der Waals surface area (Å²) in [6, 6.07) is 0. The number of carbonyl (C=O) groups is 1. The fourth-order valence-corrected chi connectivity index (χ4v) is 1.71. The number of amides is 1. The Bertz CT molecular complexity index is 212. The second-order valence-electron chi connectivity index (χ2n) is 5.82. The standard InChI is InChI=1S/C13H28N2O2/c1-13(2,3)9-11(16)10-15-12(17)7-5-4-6-8-14/h11,16H,4-10,14H2,1-3H3,(H,15,17). The normalized spacial score (nSPS) is 13.5. The minimum Gasteiger partial charge on any atom is -0.391 e. The van der Waals surface area contributed by atoms with Gasteiger partial charge in [-0.3, -0.25) is 4.79 Å². The molecule has 0 spiro atoms. The van der Waals surface area contributed by atoms with Crippen molar-refractivity contribution in [2.45, 2.75) is 59.0 Å². The van der Waals surface area contributed by atoms with Crippen LogP contribution in [-0.2, 0) is 4.79 Å². The number of unbranched alkanes of at least 4 members (excludes halogenated alkanes) is 2. The van der Waals surface area contributed by atoms with Gasteiger partial charge in [-0.05, 0) is 31.2 Å². The maximum Gasteiger partial charge on any atom is 0.220 e. The van der Waals surface area contributed by atoms with Crippen LogP contribution in [-0.4, -0.2) is 30.2 Å². The van der Waals surface area contributed by atoms with Gasteiger partial charge in [0.05, 0.1) is 6.10 Å². The van der Waals surface area contributed by atoms with Crippen molar-refractivity contribution in [3.05, 3.63) is 0 Å². The first-order valence-corrected chi connectivity index (χ1v) is 6.50. The molecular weight excluding hydrogens is 216 g/mol. The average Bonchev–Trinajstić information content (AvgIpc) is 2.19. The molecule has 0 bridgehead atoms. The van der Waals surface area contributed by atoms with Crippen molar-refractivity contribution in [1.29, 1.82) is 0 Å². The SMILES string of the molecule is CC(C)(C)CC(O)CNC(=O)CCCCCN. The first-order chi connectivity index (χ1) is 7.85. The van der Waals surface area contributed by atoms with Gasteiger partial charge in [0, 0.05) is 13.0 Å². The first-order valence-electron chi connectivity index (χ1n) is 6.50. The fourth-order valence-electron chi connectivity index (χ4n) is 1.71. The topological polar surface area (TPSA) is 75.3 Å². The third-order valence-electron chi connectivity index (χ3n) is 2.49. The molecule has 1 amide bonds. The molecule has 1 unspecified atom stereocenters. The maximum atomic E-state index is 11.4. The molecule has 0 aromatic heterocycles. The second kappa shape index (κ2) is 8.48. The van der Waals surface area contributed by atoms with Crippen molar-refractivity contribution < 1.29 is 9.90 Å². The van der Waals surface area contributed by atoms with Crippen LogP contribution in [0.3, 0.4) is 0 Å². The summed E-state index contributed by atoms with van der Waals surface area (Å²) in [7, 11) is 0. The van der Waals surface area contributed by atoms with E-state index in [-0.39, 0.29) is 11.3 Å². The summed E-state index contributed by atoms with van der Waals surface area (Å²) < 4.78 is 0. The van der Waals surface area contributed by atoms with E-state index >= 15 is 0 Å². The minimum absolute atomic E-state index is 0.0231. The number of nitrogens with one attached hydrogen (secondary N) is 1. The monoisotopic (exact) mass is 244 g/mol. The molecule has 1 atom stereocenters. The molecule has 0 fully saturated rings. The highest BCUT2D eigenvalue weighted by Gasteiger charge is 2.16. The zero-order chi connectivity index (χ0) is 13.3. The van der Waals surface area contributed by atoms with E-state index in [1.807, 2.05) is 0 Å². The predicted molar refractivity (Wildman–Crippen MR) is 70.6 cm³/mol. The summed E-state index contributed by atoms with van der Waals surface area (Å²) in [6.45, 7) is 7.26. The summed E-state index contributed by atoms with van der Waals surface area (Å²) in [5.41, 5.74) is 5.46. The van der Waals surface area contributed by atoms with E-state index in [9.17, 15) is 9.90 Å². The van der Waals surface area contributed by atoms with Crippen LogP contribution in [0.1, 0.15) is 52.9 Å². The van der Waals surface area contributed by atoms with Crippen LogP contribution in [0.4, 0.5) is 0 Å². The molecule has 0 saturated heterocycles. The van der Waals surface area contributed by atoms with Crippen LogP contribution in [0.15, 0.2) is 0 Å². The number of carbonyl (C=O) groups excluding carboxylic acids is 1. The van der Waals surface area contributed by atoms with Crippen molar-refractivity contribution in [2.75, 3.05) is 13.1 Å². The molecule has 17 heavy (non-hydrogen) atoms. The lowest BCUT2D eigenvalue weighted by Crippen LogP contribution is -2.34. The molecule has 0 aliphatic heterocycles. The van der Waals surface area contributed by atoms with Crippen molar-refractivity contribution >= 4 is 5.91 Å². The Morgan fingerprint density at radius 2 is 1.94 bits per heavy atom. The van der Waals surface area contributed by atoms with Crippen LogP contribution in [0, 0.1) is 5.41 Å². The molecule has 0 rings (SSSR count). The molecule has 0 aromatic carbocycles. The number of aliphatic hydroxyl groups is 1. The minimum atomic E-state index is -0.456. The van der Waals surface area contributed by atoms with Gasteiger partial charge in [-0.15, -0.1) is 0 Å². The van der Waals surface area contributed by atoms with E-state index in [1.165, 1.54) is 0 Å². The van der Waals surface area contributed by atoms with Crippen molar-refractivity contribution in [3.8, 4) is 0 Å². The van der Waals surface area contributed by atoms with Crippen LogP contribution in [0.5, 0.6) is 0 Å². The van der Waals surface area contributed by atoms with E-state index < -0.39 is 6.10 Å². The number of nitrogens with two attached hydrogens (primary N) is 1. The summed E-state index contributed by atoms with van der Waals surface area (Å²) in [5.74, 6) is 0.0231. The highest BCUT2D eigenvalue weighted by Crippen LogP contribution is 2.20. The lowest BCUT2D eigenvalue weighted by molar-refractivity contribution is -0.121. The summed E-state index contributed by atoms with van der Waals surface area (Å²) in [6.07, 6.45) is 3.61. The lowest BCUT2D eigenvalue weighted by atomic mass is 9.89. The van der Waals surface area contributed by atoms with Gasteiger partial charge < -0.3 is 16.2 Å². The number of hydrogen-bond donors (Lipinski definition) is 3. The summed E-state index contributed by atoms with van der Waals surface area (Å²) in [5, 5.41) is 12.5. The molecule has 0 heterocycles. The Kier molecular flexibility index (Phi) is 8.17. The van der Waals surface area contributed by atoms with Gasteiger partial charge in [0.2, 0.25) is 5.91 Å². The molecule has 102 valence electrons. The number of hydrogen-bond acceptors (Lipinski definition) is 3.